The third kappa shape index (κ3) is 3.61. The SMILES string of the molecule is Cc1ccccc1Nc1nc(N)nc(CN2C(=O)N[C@](C)(c3cc4ccccc4o3)C2=O)n1. The van der Waals surface area contributed by atoms with Crippen molar-refractivity contribution in [2.45, 2.75) is 25.9 Å². The fourth-order valence-corrected chi connectivity index (χ4v) is 3.78. The number of benzene rings is 2. The molecule has 0 unspecified atom stereocenters. The first-order valence-corrected chi connectivity index (χ1v) is 10.3. The summed E-state index contributed by atoms with van der Waals surface area (Å²) in [5, 5.41) is 6.67. The van der Waals surface area contributed by atoms with E-state index in [9.17, 15) is 9.59 Å². The highest BCUT2D eigenvalue weighted by atomic mass is 16.3. The molecule has 0 radical (unpaired) electrons. The first-order chi connectivity index (χ1) is 15.8. The van der Waals surface area contributed by atoms with E-state index in [4.69, 9.17) is 10.2 Å². The van der Waals surface area contributed by atoms with E-state index in [2.05, 4.69) is 25.6 Å². The van der Waals surface area contributed by atoms with Crippen LogP contribution in [0.4, 0.5) is 22.4 Å². The minimum Gasteiger partial charge on any atom is -0.458 e. The van der Waals surface area contributed by atoms with Crippen molar-refractivity contribution < 1.29 is 14.0 Å². The molecule has 0 bridgehead atoms. The third-order valence-electron chi connectivity index (χ3n) is 5.58. The van der Waals surface area contributed by atoms with E-state index >= 15 is 0 Å². The van der Waals surface area contributed by atoms with Gasteiger partial charge >= 0.3 is 6.03 Å². The van der Waals surface area contributed by atoms with Crippen LogP contribution in [-0.4, -0.2) is 31.8 Å². The fourth-order valence-electron chi connectivity index (χ4n) is 3.78. The summed E-state index contributed by atoms with van der Waals surface area (Å²) in [6.07, 6.45) is 0. The minimum atomic E-state index is -1.35. The molecule has 1 fully saturated rings. The molecule has 1 atom stereocenters. The van der Waals surface area contributed by atoms with Gasteiger partial charge in [-0.05, 0) is 37.6 Å². The molecule has 4 aromatic rings. The highest BCUT2D eigenvalue weighted by Gasteiger charge is 2.51. The first-order valence-electron chi connectivity index (χ1n) is 10.3. The van der Waals surface area contributed by atoms with Gasteiger partial charge in [-0.1, -0.05) is 36.4 Å². The van der Waals surface area contributed by atoms with Crippen LogP contribution < -0.4 is 16.4 Å². The van der Waals surface area contributed by atoms with Crippen molar-refractivity contribution in [1.29, 1.82) is 0 Å². The standard InChI is InChI=1S/C23H21N7O3/c1-13-7-3-5-9-15(13)25-21-27-18(26-20(24)28-21)12-30-19(31)23(2,29-22(30)32)17-11-14-8-4-6-10-16(14)33-17/h3-11H,12H2,1-2H3,(H,29,32)(H3,24,25,26,27,28)/t23-/m1/s1. The van der Waals surface area contributed by atoms with Crippen LogP contribution in [0.15, 0.2) is 59.0 Å². The average molecular weight is 443 g/mol. The molecule has 3 amide bonds. The number of hydrogen-bond donors (Lipinski definition) is 3. The maximum atomic E-state index is 13.3. The van der Waals surface area contributed by atoms with Crippen LogP contribution in [0, 0.1) is 6.92 Å². The number of anilines is 3. The number of carbonyl (C=O) groups is 2. The molecule has 1 aliphatic heterocycles. The summed E-state index contributed by atoms with van der Waals surface area (Å²) >= 11 is 0. The largest absolute Gasteiger partial charge is 0.458 e. The molecule has 4 N–H and O–H groups in total. The second-order valence-electron chi connectivity index (χ2n) is 7.97. The molecule has 1 saturated heterocycles. The Morgan fingerprint density at radius 1 is 1.09 bits per heavy atom. The molecular formula is C23H21N7O3. The number of nitrogens with one attached hydrogen (secondary N) is 2. The van der Waals surface area contributed by atoms with Gasteiger partial charge in [0.1, 0.15) is 11.3 Å². The summed E-state index contributed by atoms with van der Waals surface area (Å²) in [5.41, 5.74) is 6.94. The predicted molar refractivity (Wildman–Crippen MR) is 121 cm³/mol. The molecule has 5 rings (SSSR count). The van der Waals surface area contributed by atoms with Gasteiger partial charge in [-0.2, -0.15) is 15.0 Å². The number of rotatable bonds is 5. The fraction of sp³-hybridized carbons (Fsp3) is 0.174. The van der Waals surface area contributed by atoms with Crippen molar-refractivity contribution in [2.75, 3.05) is 11.1 Å². The predicted octanol–water partition coefficient (Wildman–Crippen LogP) is 3.22. The van der Waals surface area contributed by atoms with Gasteiger partial charge in [0, 0.05) is 11.1 Å². The van der Waals surface area contributed by atoms with Crippen LogP contribution in [0.1, 0.15) is 24.1 Å². The van der Waals surface area contributed by atoms with Crippen LogP contribution in [-0.2, 0) is 16.9 Å². The number of aryl methyl sites for hydroxylation is 1. The molecule has 10 heteroatoms. The normalized spacial score (nSPS) is 18.1. The lowest BCUT2D eigenvalue weighted by Crippen LogP contribution is -2.40. The third-order valence-corrected chi connectivity index (χ3v) is 5.58. The second-order valence-corrected chi connectivity index (χ2v) is 7.97. The highest BCUT2D eigenvalue weighted by Crippen LogP contribution is 2.33. The molecule has 33 heavy (non-hydrogen) atoms. The molecule has 2 aromatic carbocycles. The monoisotopic (exact) mass is 443 g/mol. The molecule has 0 spiro atoms. The number of carbonyl (C=O) groups excluding carboxylic acids is 2. The number of nitrogens with two attached hydrogens (primary N) is 1. The molecule has 166 valence electrons. The summed E-state index contributed by atoms with van der Waals surface area (Å²) in [4.78, 5) is 39.6. The molecular weight excluding hydrogens is 422 g/mol. The number of aromatic nitrogens is 3. The summed E-state index contributed by atoms with van der Waals surface area (Å²) in [6, 6.07) is 16.2. The maximum absolute atomic E-state index is 13.3. The van der Waals surface area contributed by atoms with Gasteiger partial charge in [0.15, 0.2) is 11.4 Å². The smallest absolute Gasteiger partial charge is 0.325 e. The summed E-state index contributed by atoms with van der Waals surface area (Å²) in [6.45, 7) is 3.38. The van der Waals surface area contributed by atoms with E-state index in [1.165, 1.54) is 0 Å². The molecule has 1 aliphatic rings. The Hall–Kier alpha value is -4.47. The Morgan fingerprint density at radius 3 is 2.64 bits per heavy atom. The molecule has 3 heterocycles. The number of urea groups is 1. The van der Waals surface area contributed by atoms with Gasteiger partial charge in [0.2, 0.25) is 11.9 Å². The number of nitrogens with zero attached hydrogens (tertiary/aromatic N) is 4. The lowest BCUT2D eigenvalue weighted by molar-refractivity contribution is -0.132. The van der Waals surface area contributed by atoms with Crippen molar-refractivity contribution in [3.63, 3.8) is 0 Å². The van der Waals surface area contributed by atoms with Gasteiger partial charge in [-0.25, -0.2) is 4.79 Å². The Bertz CT molecular complexity index is 1370. The van der Waals surface area contributed by atoms with Crippen LogP contribution in [0.3, 0.4) is 0 Å². The Labute approximate surface area is 188 Å². The first kappa shape index (κ1) is 20.4. The number of nitrogen functional groups attached to an aromatic ring is 1. The second kappa shape index (κ2) is 7.59. The zero-order chi connectivity index (χ0) is 23.2. The molecule has 2 aromatic heterocycles. The van der Waals surface area contributed by atoms with E-state index in [0.29, 0.717) is 11.3 Å². The number of hydrogen-bond acceptors (Lipinski definition) is 8. The van der Waals surface area contributed by atoms with E-state index in [1.807, 2.05) is 49.4 Å². The highest BCUT2D eigenvalue weighted by molar-refractivity contribution is 6.07. The number of amides is 3. The van der Waals surface area contributed by atoms with Crippen molar-refractivity contribution >= 4 is 40.5 Å². The summed E-state index contributed by atoms with van der Waals surface area (Å²) < 4.78 is 5.85. The van der Waals surface area contributed by atoms with Gasteiger partial charge in [0.05, 0.1) is 6.54 Å². The number of fused-ring (bicyclic) bond motifs is 1. The minimum absolute atomic E-state index is 0.0248. The van der Waals surface area contributed by atoms with Crippen LogP contribution in [0.5, 0.6) is 0 Å². The zero-order valence-electron chi connectivity index (χ0n) is 18.0. The van der Waals surface area contributed by atoms with Crippen molar-refractivity contribution in [3.05, 3.63) is 71.7 Å². The maximum Gasteiger partial charge on any atom is 0.325 e. The van der Waals surface area contributed by atoms with Gasteiger partial charge in [-0.3, -0.25) is 9.69 Å². The summed E-state index contributed by atoms with van der Waals surface area (Å²) in [7, 11) is 0. The quantitative estimate of drug-likeness (QED) is 0.400. The number of imide groups is 1. The van der Waals surface area contributed by atoms with Gasteiger partial charge in [0.25, 0.3) is 5.91 Å². The van der Waals surface area contributed by atoms with Crippen LogP contribution in [0.25, 0.3) is 11.0 Å². The average Bonchev–Trinajstić information content (AvgIpc) is 3.31. The van der Waals surface area contributed by atoms with Crippen molar-refractivity contribution in [2.24, 2.45) is 0 Å². The molecule has 10 nitrogen and oxygen atoms in total. The van der Waals surface area contributed by atoms with Gasteiger partial charge < -0.3 is 20.8 Å². The van der Waals surface area contributed by atoms with E-state index < -0.39 is 17.5 Å². The van der Waals surface area contributed by atoms with E-state index in [-0.39, 0.29) is 24.3 Å². The topological polar surface area (TPSA) is 139 Å². The summed E-state index contributed by atoms with van der Waals surface area (Å²) in [5.74, 6) is 0.249. The zero-order valence-corrected chi connectivity index (χ0v) is 18.0. The lowest BCUT2D eigenvalue weighted by atomic mass is 9.99. The number of furan rings is 1. The van der Waals surface area contributed by atoms with E-state index in [0.717, 1.165) is 21.5 Å². The molecule has 0 saturated carbocycles. The van der Waals surface area contributed by atoms with E-state index in [1.54, 1.807) is 19.1 Å². The van der Waals surface area contributed by atoms with Crippen molar-refractivity contribution in [3.8, 4) is 0 Å². The Morgan fingerprint density at radius 2 is 1.85 bits per heavy atom. The van der Waals surface area contributed by atoms with Gasteiger partial charge in [-0.15, -0.1) is 0 Å². The Kier molecular flexibility index (Phi) is 4.70. The van der Waals surface area contributed by atoms with Crippen LogP contribution in [0.2, 0.25) is 0 Å². The lowest BCUT2D eigenvalue weighted by Gasteiger charge is -2.19. The molecule has 0 aliphatic carbocycles. The van der Waals surface area contributed by atoms with Crippen LogP contribution >= 0.6 is 0 Å². The Balaban J connectivity index is 1.41. The number of para-hydroxylation sites is 2. The van der Waals surface area contributed by atoms with Crippen molar-refractivity contribution in [1.82, 2.24) is 25.2 Å².